The van der Waals surface area contributed by atoms with E-state index in [-0.39, 0.29) is 23.4 Å². The number of Topliss-reactive ketones (excluding diaryl/α,β-unsaturated/α-hetero) is 1. The maximum absolute atomic E-state index is 12.5. The quantitative estimate of drug-likeness (QED) is 0.585. The van der Waals surface area contributed by atoms with Crippen molar-refractivity contribution < 1.29 is 23.9 Å². The smallest absolute Gasteiger partial charge is 0.338 e. The highest BCUT2D eigenvalue weighted by molar-refractivity contribution is 6.01. The zero-order valence-electron chi connectivity index (χ0n) is 16.5. The van der Waals surface area contributed by atoms with Crippen molar-refractivity contribution in [1.29, 1.82) is 0 Å². The lowest BCUT2D eigenvalue weighted by molar-refractivity contribution is -0.119. The van der Waals surface area contributed by atoms with Crippen molar-refractivity contribution in [3.8, 4) is 5.75 Å². The largest absolute Gasteiger partial charge is 0.484 e. The number of amides is 1. The van der Waals surface area contributed by atoms with Crippen LogP contribution < -0.4 is 10.5 Å². The number of esters is 1. The molecule has 0 spiro atoms. The van der Waals surface area contributed by atoms with Crippen molar-refractivity contribution >= 4 is 17.7 Å². The molecule has 6 nitrogen and oxygen atoms in total. The first-order valence-electron chi connectivity index (χ1n) is 8.95. The van der Waals surface area contributed by atoms with Crippen LogP contribution >= 0.6 is 0 Å². The Hall–Kier alpha value is -3.15. The summed E-state index contributed by atoms with van der Waals surface area (Å²) in [5.74, 6) is -1.08. The van der Waals surface area contributed by atoms with E-state index in [2.05, 4.69) is 20.8 Å². The van der Waals surface area contributed by atoms with Crippen molar-refractivity contribution in [3.05, 3.63) is 65.2 Å². The second-order valence-electron chi connectivity index (χ2n) is 7.52. The van der Waals surface area contributed by atoms with Crippen LogP contribution in [0.3, 0.4) is 0 Å². The van der Waals surface area contributed by atoms with Gasteiger partial charge in [0.15, 0.2) is 12.7 Å². The highest BCUT2D eigenvalue weighted by Crippen LogP contribution is 2.23. The van der Waals surface area contributed by atoms with E-state index < -0.39 is 18.0 Å². The number of benzene rings is 2. The molecule has 0 saturated carbocycles. The number of carbonyl (C=O) groups is 3. The first-order chi connectivity index (χ1) is 13.1. The summed E-state index contributed by atoms with van der Waals surface area (Å²) in [6.45, 7) is 7.58. The van der Waals surface area contributed by atoms with Gasteiger partial charge in [0.2, 0.25) is 5.78 Å². The fourth-order valence-electron chi connectivity index (χ4n) is 2.49. The third-order valence-electron chi connectivity index (χ3n) is 4.16. The summed E-state index contributed by atoms with van der Waals surface area (Å²) in [6.07, 6.45) is -0.918. The summed E-state index contributed by atoms with van der Waals surface area (Å²) < 4.78 is 10.4. The molecule has 0 radical (unpaired) electrons. The Balaban J connectivity index is 1.99. The van der Waals surface area contributed by atoms with Crippen molar-refractivity contribution in [1.82, 2.24) is 0 Å². The van der Waals surface area contributed by atoms with Gasteiger partial charge in [0.1, 0.15) is 5.75 Å². The third-order valence-corrected chi connectivity index (χ3v) is 4.16. The molecular formula is C22H25NO5. The van der Waals surface area contributed by atoms with Crippen molar-refractivity contribution in [2.45, 2.75) is 39.2 Å². The number of nitrogens with two attached hydrogens (primary N) is 1. The van der Waals surface area contributed by atoms with Gasteiger partial charge in [-0.25, -0.2) is 4.79 Å². The van der Waals surface area contributed by atoms with E-state index in [0.717, 1.165) is 5.56 Å². The minimum atomic E-state index is -0.918. The Morgan fingerprint density at radius 1 is 0.929 bits per heavy atom. The fourth-order valence-corrected chi connectivity index (χ4v) is 2.49. The molecule has 0 unspecified atom stereocenters. The second-order valence-corrected chi connectivity index (χ2v) is 7.52. The van der Waals surface area contributed by atoms with Gasteiger partial charge in [-0.1, -0.05) is 45.0 Å². The SMILES string of the molecule is C[C@H](OC(=O)c1ccc(OCC(N)=O)cc1)C(=O)c1ccc(C(C)(C)C)cc1. The number of ether oxygens (including phenoxy) is 2. The predicted octanol–water partition coefficient (Wildman–Crippen LogP) is 3.28. The normalized spacial score (nSPS) is 12.1. The zero-order chi connectivity index (χ0) is 20.9. The number of hydrogen-bond donors (Lipinski definition) is 1. The summed E-state index contributed by atoms with van der Waals surface area (Å²) >= 11 is 0. The molecule has 0 bridgehead atoms. The molecule has 1 amide bonds. The van der Waals surface area contributed by atoms with Crippen LogP contribution in [0.15, 0.2) is 48.5 Å². The Labute approximate surface area is 164 Å². The van der Waals surface area contributed by atoms with Gasteiger partial charge in [0.05, 0.1) is 5.56 Å². The minimum absolute atomic E-state index is 0.00697. The van der Waals surface area contributed by atoms with E-state index in [1.165, 1.54) is 24.3 Å². The van der Waals surface area contributed by atoms with Crippen molar-refractivity contribution in [2.75, 3.05) is 6.61 Å². The van der Waals surface area contributed by atoms with Gasteiger partial charge in [0, 0.05) is 5.56 Å². The average Bonchev–Trinajstić information content (AvgIpc) is 2.65. The summed E-state index contributed by atoms with van der Waals surface area (Å²) in [5.41, 5.74) is 6.88. The lowest BCUT2D eigenvalue weighted by Gasteiger charge is -2.19. The first-order valence-corrected chi connectivity index (χ1v) is 8.95. The van der Waals surface area contributed by atoms with E-state index in [0.29, 0.717) is 11.3 Å². The number of hydrogen-bond acceptors (Lipinski definition) is 5. The van der Waals surface area contributed by atoms with E-state index in [4.69, 9.17) is 15.2 Å². The van der Waals surface area contributed by atoms with Crippen LogP contribution in [0.2, 0.25) is 0 Å². The highest BCUT2D eigenvalue weighted by Gasteiger charge is 2.21. The molecule has 0 aliphatic rings. The lowest BCUT2D eigenvalue weighted by atomic mass is 9.86. The lowest BCUT2D eigenvalue weighted by Crippen LogP contribution is -2.24. The third kappa shape index (κ3) is 5.67. The highest BCUT2D eigenvalue weighted by atomic mass is 16.5. The maximum atomic E-state index is 12.5. The topological polar surface area (TPSA) is 95.7 Å². The predicted molar refractivity (Wildman–Crippen MR) is 105 cm³/mol. The molecule has 2 rings (SSSR count). The molecular weight excluding hydrogens is 358 g/mol. The van der Waals surface area contributed by atoms with E-state index in [1.54, 1.807) is 19.1 Å². The molecule has 0 aliphatic heterocycles. The van der Waals surface area contributed by atoms with Crippen LogP contribution in [-0.2, 0) is 14.9 Å². The van der Waals surface area contributed by atoms with E-state index in [1.807, 2.05) is 12.1 Å². The number of ketones is 1. The van der Waals surface area contributed by atoms with E-state index in [9.17, 15) is 14.4 Å². The summed E-state index contributed by atoms with van der Waals surface area (Å²) in [6, 6.07) is 13.4. The molecule has 0 fully saturated rings. The number of primary amides is 1. The summed E-state index contributed by atoms with van der Waals surface area (Å²) in [7, 11) is 0. The molecule has 0 saturated heterocycles. The Morgan fingerprint density at radius 2 is 1.46 bits per heavy atom. The van der Waals surface area contributed by atoms with Gasteiger partial charge < -0.3 is 15.2 Å². The van der Waals surface area contributed by atoms with E-state index >= 15 is 0 Å². The number of carbonyl (C=O) groups excluding carboxylic acids is 3. The molecule has 0 aromatic heterocycles. The number of rotatable bonds is 7. The average molecular weight is 383 g/mol. The fraction of sp³-hybridized carbons (Fsp3) is 0.318. The minimum Gasteiger partial charge on any atom is -0.484 e. The molecule has 2 aromatic carbocycles. The molecule has 2 N–H and O–H groups in total. The van der Waals surface area contributed by atoms with Crippen molar-refractivity contribution in [2.24, 2.45) is 5.73 Å². The van der Waals surface area contributed by atoms with Crippen LogP contribution in [0.5, 0.6) is 5.75 Å². The summed E-state index contributed by atoms with van der Waals surface area (Å²) in [4.78, 5) is 35.5. The molecule has 148 valence electrons. The van der Waals surface area contributed by atoms with Gasteiger partial charge in [-0.05, 0) is 42.2 Å². The molecule has 2 aromatic rings. The molecule has 1 atom stereocenters. The van der Waals surface area contributed by atoms with Crippen LogP contribution in [0.4, 0.5) is 0 Å². The second kappa shape index (κ2) is 8.69. The van der Waals surface area contributed by atoms with Crippen LogP contribution in [0.1, 0.15) is 54.0 Å². The van der Waals surface area contributed by atoms with Gasteiger partial charge in [-0.15, -0.1) is 0 Å². The molecule has 6 heteroatoms. The summed E-state index contributed by atoms with van der Waals surface area (Å²) in [5, 5.41) is 0. The van der Waals surface area contributed by atoms with Gasteiger partial charge in [-0.3, -0.25) is 9.59 Å². The maximum Gasteiger partial charge on any atom is 0.338 e. The van der Waals surface area contributed by atoms with Crippen LogP contribution in [-0.4, -0.2) is 30.4 Å². The van der Waals surface area contributed by atoms with Crippen LogP contribution in [0, 0.1) is 0 Å². The Morgan fingerprint density at radius 3 is 1.96 bits per heavy atom. The Bertz CT molecular complexity index is 848. The Kier molecular flexibility index (Phi) is 6.57. The van der Waals surface area contributed by atoms with Crippen LogP contribution in [0.25, 0.3) is 0 Å². The molecule has 28 heavy (non-hydrogen) atoms. The molecule has 0 heterocycles. The van der Waals surface area contributed by atoms with Crippen molar-refractivity contribution in [3.63, 3.8) is 0 Å². The zero-order valence-corrected chi connectivity index (χ0v) is 16.5. The molecule has 0 aliphatic carbocycles. The van der Waals surface area contributed by atoms with Gasteiger partial charge in [-0.2, -0.15) is 0 Å². The standard InChI is InChI=1S/C22H25NO5/c1-14(20(25)15-5-9-17(10-6-15)22(2,3)4)28-21(26)16-7-11-18(12-8-16)27-13-19(23)24/h5-12,14H,13H2,1-4H3,(H2,23,24)/t14-/m0/s1. The van der Waals surface area contributed by atoms with Gasteiger partial charge >= 0.3 is 5.97 Å². The first kappa shape index (κ1) is 21.2. The monoisotopic (exact) mass is 383 g/mol. The van der Waals surface area contributed by atoms with Gasteiger partial charge in [0.25, 0.3) is 5.91 Å².